The number of aryl methyl sites for hydroxylation is 1. The van der Waals surface area contributed by atoms with E-state index in [-0.39, 0.29) is 25.3 Å². The number of rotatable bonds is 11. The summed E-state index contributed by atoms with van der Waals surface area (Å²) in [5.41, 5.74) is 18.1. The third-order valence-electron chi connectivity index (χ3n) is 6.64. The minimum atomic E-state index is -4.21. The summed E-state index contributed by atoms with van der Waals surface area (Å²) in [6.45, 7) is 6.50. The van der Waals surface area contributed by atoms with Gasteiger partial charge < -0.3 is 42.4 Å². The van der Waals surface area contributed by atoms with Crippen LogP contribution in [0.25, 0.3) is 0 Å². The van der Waals surface area contributed by atoms with Crippen molar-refractivity contribution < 1.29 is 37.2 Å². The molecule has 1 atom stereocenters. The van der Waals surface area contributed by atoms with Crippen molar-refractivity contribution in [3.8, 4) is 0 Å². The van der Waals surface area contributed by atoms with Crippen LogP contribution >= 0.6 is 0 Å². The molecule has 3 amide bonds. The van der Waals surface area contributed by atoms with Crippen LogP contribution in [0.2, 0.25) is 0 Å². The summed E-state index contributed by atoms with van der Waals surface area (Å²) in [7, 11) is -1.16. The van der Waals surface area contributed by atoms with Crippen molar-refractivity contribution in [2.75, 3.05) is 38.0 Å². The third kappa shape index (κ3) is 10.6. The SMILES string of the molecule is CC1(C)OB(O)c2c(NC(=O)CNC(=O)C(N)CCC(=O)N(CCN)CCN)cccc21.Cc1ccc(C(F)(F)F)cc1. The smallest absolute Gasteiger partial charge is 0.423 e. The van der Waals surface area contributed by atoms with Crippen molar-refractivity contribution in [1.29, 1.82) is 0 Å². The molecule has 0 saturated heterocycles. The summed E-state index contributed by atoms with van der Waals surface area (Å²) < 4.78 is 41.3. The van der Waals surface area contributed by atoms with Crippen LogP contribution in [-0.2, 0) is 30.8 Å². The Hall–Kier alpha value is -3.50. The number of halogens is 3. The molecule has 0 saturated carbocycles. The van der Waals surface area contributed by atoms with Crippen LogP contribution in [0.5, 0.6) is 0 Å². The van der Waals surface area contributed by atoms with Crippen LogP contribution < -0.4 is 33.3 Å². The van der Waals surface area contributed by atoms with E-state index in [0.717, 1.165) is 23.3 Å². The maximum atomic E-state index is 12.3. The quantitative estimate of drug-likeness (QED) is 0.200. The molecule has 0 bridgehead atoms. The van der Waals surface area contributed by atoms with Gasteiger partial charge in [0.2, 0.25) is 17.7 Å². The highest BCUT2D eigenvalue weighted by Crippen LogP contribution is 2.32. The van der Waals surface area contributed by atoms with Crippen molar-refractivity contribution in [2.45, 2.75) is 51.4 Å². The lowest BCUT2D eigenvalue weighted by Gasteiger charge is -2.22. The van der Waals surface area contributed by atoms with Crippen molar-refractivity contribution in [1.82, 2.24) is 10.2 Å². The molecule has 9 N–H and O–H groups in total. The van der Waals surface area contributed by atoms with Gasteiger partial charge in [0.1, 0.15) is 0 Å². The largest absolute Gasteiger partial charge is 0.494 e. The van der Waals surface area contributed by atoms with E-state index in [1.807, 2.05) is 19.9 Å². The average Bonchev–Trinajstić information content (AvgIpc) is 3.18. The molecule has 0 aliphatic carbocycles. The highest BCUT2D eigenvalue weighted by atomic mass is 19.4. The lowest BCUT2D eigenvalue weighted by atomic mass is 9.77. The van der Waals surface area contributed by atoms with Crippen LogP contribution in [0.4, 0.5) is 18.9 Å². The van der Waals surface area contributed by atoms with Gasteiger partial charge in [-0.15, -0.1) is 0 Å². The van der Waals surface area contributed by atoms with E-state index < -0.39 is 42.3 Å². The van der Waals surface area contributed by atoms with Gasteiger partial charge >= 0.3 is 13.3 Å². The normalized spacial score (nSPS) is 14.2. The molecule has 0 aromatic heterocycles. The van der Waals surface area contributed by atoms with Gasteiger partial charge in [0.15, 0.2) is 0 Å². The molecule has 1 aliphatic rings. The van der Waals surface area contributed by atoms with Crippen LogP contribution in [0.15, 0.2) is 42.5 Å². The first kappa shape index (κ1) is 35.7. The Morgan fingerprint density at radius 2 is 1.67 bits per heavy atom. The second kappa shape index (κ2) is 15.8. The highest BCUT2D eigenvalue weighted by molar-refractivity contribution is 6.64. The number of hydrogen-bond donors (Lipinski definition) is 6. The molecule has 0 fully saturated rings. The summed E-state index contributed by atoms with van der Waals surface area (Å²) >= 11 is 0. The Balaban J connectivity index is 0.000000490. The number of hydrogen-bond acceptors (Lipinski definition) is 8. The number of carbonyl (C=O) groups is 3. The fourth-order valence-corrected chi connectivity index (χ4v) is 4.34. The van der Waals surface area contributed by atoms with Gasteiger partial charge in [0.05, 0.1) is 23.8 Å². The maximum Gasteiger partial charge on any atom is 0.494 e. The maximum absolute atomic E-state index is 12.3. The first-order chi connectivity index (χ1) is 20.1. The molecule has 2 aromatic rings. The molecule has 236 valence electrons. The van der Waals surface area contributed by atoms with E-state index in [9.17, 15) is 32.6 Å². The summed E-state index contributed by atoms with van der Waals surface area (Å²) in [5, 5.41) is 15.4. The van der Waals surface area contributed by atoms with Gasteiger partial charge in [0.25, 0.3) is 0 Å². The number of nitrogens with zero attached hydrogens (tertiary/aromatic N) is 1. The molecule has 15 heteroatoms. The van der Waals surface area contributed by atoms with Crippen molar-refractivity contribution in [3.05, 3.63) is 59.2 Å². The van der Waals surface area contributed by atoms with Crippen molar-refractivity contribution >= 4 is 36.0 Å². The van der Waals surface area contributed by atoms with Crippen LogP contribution in [0.3, 0.4) is 0 Å². The first-order valence-electron chi connectivity index (χ1n) is 13.7. The van der Waals surface area contributed by atoms with Gasteiger partial charge in [-0.2, -0.15) is 13.2 Å². The van der Waals surface area contributed by atoms with Gasteiger partial charge in [-0.05, 0) is 51.0 Å². The Labute approximate surface area is 249 Å². The Morgan fingerprint density at radius 3 is 2.23 bits per heavy atom. The van der Waals surface area contributed by atoms with E-state index in [2.05, 4.69) is 10.6 Å². The standard InChI is InChI=1S/C20H33BN6O5.C8H7F3/c1-20(2)13-4-3-5-15(18(13)21(31)32-20)26-16(28)12-25-19(30)14(24)6-7-17(29)27(10-8-22)11-9-23;1-6-2-4-7(5-3-6)8(9,10)11/h3-5,14,31H,6-12,22-24H2,1-2H3,(H,25,30)(H,26,28);2-5H,1H3. The lowest BCUT2D eigenvalue weighted by Crippen LogP contribution is -2.45. The second-order valence-electron chi connectivity index (χ2n) is 10.5. The molecule has 43 heavy (non-hydrogen) atoms. The Bertz CT molecular complexity index is 1240. The van der Waals surface area contributed by atoms with Crippen LogP contribution in [0.1, 0.15) is 43.4 Å². The molecule has 1 aliphatic heterocycles. The molecule has 0 radical (unpaired) electrons. The molecule has 3 rings (SSSR count). The van der Waals surface area contributed by atoms with Crippen molar-refractivity contribution in [2.24, 2.45) is 17.2 Å². The number of alkyl halides is 3. The minimum absolute atomic E-state index is 0.0740. The van der Waals surface area contributed by atoms with E-state index in [1.165, 1.54) is 17.0 Å². The molecular formula is C28H40BF3N6O5. The second-order valence-corrected chi connectivity index (χ2v) is 10.5. The average molecular weight is 608 g/mol. The summed E-state index contributed by atoms with van der Waals surface area (Å²) in [6, 6.07) is 9.34. The van der Waals surface area contributed by atoms with Gasteiger partial charge in [0, 0.05) is 43.8 Å². The predicted molar refractivity (Wildman–Crippen MR) is 158 cm³/mol. The predicted octanol–water partition coefficient (Wildman–Crippen LogP) is 0.561. The molecule has 0 spiro atoms. The molecule has 11 nitrogen and oxygen atoms in total. The zero-order valence-electron chi connectivity index (χ0n) is 24.5. The number of nitrogens with one attached hydrogen (secondary N) is 2. The highest BCUT2D eigenvalue weighted by Gasteiger charge is 2.42. The number of carbonyl (C=O) groups excluding carboxylic acids is 3. The Morgan fingerprint density at radius 1 is 1.07 bits per heavy atom. The first-order valence-corrected chi connectivity index (χ1v) is 13.7. The van der Waals surface area contributed by atoms with E-state index in [0.29, 0.717) is 37.3 Å². The third-order valence-corrected chi connectivity index (χ3v) is 6.64. The number of fused-ring (bicyclic) bond motifs is 1. The molecule has 2 aromatic carbocycles. The van der Waals surface area contributed by atoms with Crippen LogP contribution in [0, 0.1) is 6.92 Å². The monoisotopic (exact) mass is 608 g/mol. The minimum Gasteiger partial charge on any atom is -0.423 e. The number of benzene rings is 2. The van der Waals surface area contributed by atoms with E-state index in [4.69, 9.17) is 21.9 Å². The molecule has 1 unspecified atom stereocenters. The summed E-state index contributed by atoms with van der Waals surface area (Å²) in [6.07, 6.45) is -4.01. The fraction of sp³-hybridized carbons (Fsp3) is 0.464. The number of nitrogens with two attached hydrogens (primary N) is 3. The molecule has 1 heterocycles. The fourth-order valence-electron chi connectivity index (χ4n) is 4.34. The summed E-state index contributed by atoms with van der Waals surface area (Å²) in [5.74, 6) is -1.20. The summed E-state index contributed by atoms with van der Waals surface area (Å²) in [4.78, 5) is 38.3. The van der Waals surface area contributed by atoms with E-state index in [1.54, 1.807) is 19.1 Å². The van der Waals surface area contributed by atoms with Crippen LogP contribution in [-0.4, -0.2) is 73.5 Å². The zero-order chi connectivity index (χ0) is 32.4. The topological polar surface area (TPSA) is 186 Å². The van der Waals surface area contributed by atoms with Gasteiger partial charge in [-0.3, -0.25) is 14.4 Å². The number of amides is 3. The molecular weight excluding hydrogens is 568 g/mol. The van der Waals surface area contributed by atoms with Crippen molar-refractivity contribution in [3.63, 3.8) is 0 Å². The number of anilines is 1. The zero-order valence-corrected chi connectivity index (χ0v) is 24.5. The van der Waals surface area contributed by atoms with Gasteiger partial charge in [-0.1, -0.05) is 29.8 Å². The lowest BCUT2D eigenvalue weighted by molar-refractivity contribution is -0.137. The van der Waals surface area contributed by atoms with Gasteiger partial charge in [-0.25, -0.2) is 0 Å². The Kier molecular flexibility index (Phi) is 13.1. The van der Waals surface area contributed by atoms with E-state index >= 15 is 0 Å².